The van der Waals surface area contributed by atoms with Gasteiger partial charge in [0.1, 0.15) is 17.7 Å². The van der Waals surface area contributed by atoms with Crippen molar-refractivity contribution in [3.05, 3.63) is 30.3 Å². The second-order valence-electron chi connectivity index (χ2n) is 6.26. The zero-order chi connectivity index (χ0) is 18.4. The van der Waals surface area contributed by atoms with E-state index in [4.69, 9.17) is 4.74 Å². The third kappa shape index (κ3) is 5.87. The fourth-order valence-electron chi connectivity index (χ4n) is 1.94. The number of nitrogens with one attached hydrogen (secondary N) is 3. The number of rotatable bonds is 5. The van der Waals surface area contributed by atoms with Crippen molar-refractivity contribution in [1.29, 1.82) is 0 Å². The van der Waals surface area contributed by atoms with Gasteiger partial charge < -0.3 is 15.4 Å². The number of H-pyrrole nitrogens is 1. The number of amides is 2. The van der Waals surface area contributed by atoms with E-state index >= 15 is 0 Å². The molecular weight excluding hydrogens is 329 g/mol. The Morgan fingerprint density at radius 3 is 2.72 bits per heavy atom. The normalized spacial score (nSPS) is 11.0. The third-order valence-electron chi connectivity index (χ3n) is 2.94. The maximum atomic E-state index is 13.8. The van der Waals surface area contributed by atoms with Crippen LogP contribution in [0.15, 0.2) is 24.5 Å². The summed E-state index contributed by atoms with van der Waals surface area (Å²) in [5, 5.41) is 11.4. The van der Waals surface area contributed by atoms with Crippen molar-refractivity contribution < 1.29 is 18.7 Å². The van der Waals surface area contributed by atoms with Gasteiger partial charge in [-0.05, 0) is 39.0 Å². The predicted molar refractivity (Wildman–Crippen MR) is 89.3 cm³/mol. The van der Waals surface area contributed by atoms with E-state index in [0.717, 1.165) is 0 Å². The van der Waals surface area contributed by atoms with Crippen LogP contribution in [0.4, 0.5) is 14.9 Å². The summed E-state index contributed by atoms with van der Waals surface area (Å²) in [6, 6.07) is 4.12. The average Bonchev–Trinajstić information content (AvgIpc) is 3.01. The number of alkyl carbamates (subject to hydrolysis) is 1. The van der Waals surface area contributed by atoms with Gasteiger partial charge in [-0.25, -0.2) is 14.2 Å². The maximum absolute atomic E-state index is 13.8. The standard InChI is InChI=1S/C16H20FN5O3/c1-16(2,3)25-15(24)18-7-6-13(23)21-10-4-5-12(17)11(8-10)14-19-9-20-22-14/h4-5,8-9H,6-7H2,1-3H3,(H,18,24)(H,21,23)(H,19,20,22). The molecule has 1 aromatic heterocycles. The fraction of sp³-hybridized carbons (Fsp3) is 0.375. The van der Waals surface area contributed by atoms with E-state index < -0.39 is 17.5 Å². The van der Waals surface area contributed by atoms with Gasteiger partial charge in [-0.15, -0.1) is 0 Å². The number of aromatic nitrogens is 3. The van der Waals surface area contributed by atoms with Gasteiger partial charge in [-0.1, -0.05) is 0 Å². The summed E-state index contributed by atoms with van der Waals surface area (Å²) in [5.74, 6) is -0.548. The number of nitrogens with zero attached hydrogens (tertiary/aromatic N) is 2. The lowest BCUT2D eigenvalue weighted by Gasteiger charge is -2.19. The Kier molecular flexibility index (Phi) is 5.68. The zero-order valence-electron chi connectivity index (χ0n) is 14.2. The van der Waals surface area contributed by atoms with Gasteiger partial charge in [0.2, 0.25) is 5.91 Å². The van der Waals surface area contributed by atoms with Crippen LogP contribution in [-0.2, 0) is 9.53 Å². The lowest BCUT2D eigenvalue weighted by Crippen LogP contribution is -2.34. The van der Waals surface area contributed by atoms with E-state index in [9.17, 15) is 14.0 Å². The van der Waals surface area contributed by atoms with E-state index in [1.807, 2.05) is 0 Å². The molecular formula is C16H20FN5O3. The summed E-state index contributed by atoms with van der Waals surface area (Å²) >= 11 is 0. The first-order valence-corrected chi connectivity index (χ1v) is 7.66. The molecule has 0 aliphatic heterocycles. The molecule has 8 nitrogen and oxygen atoms in total. The fourth-order valence-corrected chi connectivity index (χ4v) is 1.94. The molecule has 0 bridgehead atoms. The minimum absolute atomic E-state index is 0.0499. The van der Waals surface area contributed by atoms with Gasteiger partial charge in [0.15, 0.2) is 5.82 Å². The molecule has 0 fully saturated rings. The minimum atomic E-state index is -0.600. The third-order valence-corrected chi connectivity index (χ3v) is 2.94. The summed E-state index contributed by atoms with van der Waals surface area (Å²) in [6.07, 6.45) is 0.728. The topological polar surface area (TPSA) is 109 Å². The number of ether oxygens (including phenoxy) is 1. The predicted octanol–water partition coefficient (Wildman–Crippen LogP) is 2.46. The minimum Gasteiger partial charge on any atom is -0.444 e. The second kappa shape index (κ2) is 7.73. The van der Waals surface area contributed by atoms with Crippen molar-refractivity contribution in [2.75, 3.05) is 11.9 Å². The monoisotopic (exact) mass is 349 g/mol. The van der Waals surface area contributed by atoms with Crippen molar-refractivity contribution in [2.45, 2.75) is 32.8 Å². The van der Waals surface area contributed by atoms with Crippen LogP contribution in [0.1, 0.15) is 27.2 Å². The highest BCUT2D eigenvalue weighted by Crippen LogP contribution is 2.22. The molecule has 0 radical (unpaired) electrons. The van der Waals surface area contributed by atoms with Gasteiger partial charge >= 0.3 is 6.09 Å². The molecule has 2 amide bonds. The molecule has 0 aliphatic carbocycles. The van der Waals surface area contributed by atoms with Gasteiger partial charge in [0.05, 0.1) is 5.56 Å². The van der Waals surface area contributed by atoms with Crippen molar-refractivity contribution in [3.63, 3.8) is 0 Å². The number of aromatic amines is 1. The van der Waals surface area contributed by atoms with E-state index in [2.05, 4.69) is 25.8 Å². The van der Waals surface area contributed by atoms with Crippen LogP contribution in [0.5, 0.6) is 0 Å². The van der Waals surface area contributed by atoms with Gasteiger partial charge in [0.25, 0.3) is 0 Å². The lowest BCUT2D eigenvalue weighted by molar-refractivity contribution is -0.116. The van der Waals surface area contributed by atoms with E-state index in [-0.39, 0.29) is 30.3 Å². The first-order chi connectivity index (χ1) is 11.7. The Bertz CT molecular complexity index is 741. The van der Waals surface area contributed by atoms with Crippen molar-refractivity contribution >= 4 is 17.7 Å². The first kappa shape index (κ1) is 18.4. The summed E-state index contributed by atoms with van der Waals surface area (Å²) < 4.78 is 18.9. The number of halogens is 1. The molecule has 0 atom stereocenters. The van der Waals surface area contributed by atoms with Gasteiger partial charge in [-0.2, -0.15) is 5.10 Å². The number of hydrogen-bond donors (Lipinski definition) is 3. The molecule has 0 saturated carbocycles. The Morgan fingerprint density at radius 2 is 2.08 bits per heavy atom. The van der Waals surface area contributed by atoms with Crippen LogP contribution in [0.2, 0.25) is 0 Å². The smallest absolute Gasteiger partial charge is 0.407 e. The quantitative estimate of drug-likeness (QED) is 0.768. The highest BCUT2D eigenvalue weighted by molar-refractivity contribution is 5.91. The van der Waals surface area contributed by atoms with Crippen LogP contribution >= 0.6 is 0 Å². The SMILES string of the molecule is CC(C)(C)OC(=O)NCCC(=O)Nc1ccc(F)c(-c2ncn[nH]2)c1. The number of carbonyl (C=O) groups is 2. The molecule has 0 aliphatic rings. The van der Waals surface area contributed by atoms with E-state index in [0.29, 0.717) is 5.69 Å². The lowest BCUT2D eigenvalue weighted by atomic mass is 10.1. The molecule has 1 heterocycles. The average molecular weight is 349 g/mol. The molecule has 0 saturated heterocycles. The number of benzene rings is 1. The van der Waals surface area contributed by atoms with Crippen LogP contribution in [0, 0.1) is 5.82 Å². The molecule has 25 heavy (non-hydrogen) atoms. The summed E-state index contributed by atoms with van der Waals surface area (Å²) in [6.45, 7) is 5.37. The molecule has 2 rings (SSSR count). The van der Waals surface area contributed by atoms with Crippen molar-refractivity contribution in [3.8, 4) is 11.4 Å². The molecule has 134 valence electrons. The Labute approximate surface area is 144 Å². The van der Waals surface area contributed by atoms with Crippen LogP contribution in [0.25, 0.3) is 11.4 Å². The highest BCUT2D eigenvalue weighted by Gasteiger charge is 2.16. The van der Waals surface area contributed by atoms with Crippen molar-refractivity contribution in [2.24, 2.45) is 0 Å². The Hall–Kier alpha value is -2.97. The molecule has 9 heteroatoms. The maximum Gasteiger partial charge on any atom is 0.407 e. The van der Waals surface area contributed by atoms with Crippen LogP contribution < -0.4 is 10.6 Å². The Morgan fingerprint density at radius 1 is 1.32 bits per heavy atom. The molecule has 2 aromatic rings. The zero-order valence-corrected chi connectivity index (χ0v) is 14.2. The molecule has 1 aromatic carbocycles. The summed E-state index contributed by atoms with van der Waals surface area (Å²) in [7, 11) is 0. The Balaban J connectivity index is 1.87. The van der Waals surface area contributed by atoms with E-state index in [1.54, 1.807) is 20.8 Å². The van der Waals surface area contributed by atoms with Crippen LogP contribution in [-0.4, -0.2) is 39.3 Å². The van der Waals surface area contributed by atoms with E-state index in [1.165, 1.54) is 24.5 Å². The summed E-state index contributed by atoms with van der Waals surface area (Å²) in [5.41, 5.74) is 0.00892. The molecule has 3 N–H and O–H groups in total. The van der Waals surface area contributed by atoms with Gasteiger partial charge in [0, 0.05) is 18.7 Å². The number of carbonyl (C=O) groups excluding carboxylic acids is 2. The largest absolute Gasteiger partial charge is 0.444 e. The molecule has 0 spiro atoms. The molecule has 0 unspecified atom stereocenters. The summed E-state index contributed by atoms with van der Waals surface area (Å²) in [4.78, 5) is 27.3. The second-order valence-corrected chi connectivity index (χ2v) is 6.26. The van der Waals surface area contributed by atoms with Gasteiger partial charge in [-0.3, -0.25) is 9.89 Å². The highest BCUT2D eigenvalue weighted by atomic mass is 19.1. The number of hydrogen-bond acceptors (Lipinski definition) is 5. The van der Waals surface area contributed by atoms with Crippen molar-refractivity contribution in [1.82, 2.24) is 20.5 Å². The first-order valence-electron chi connectivity index (χ1n) is 7.66. The van der Waals surface area contributed by atoms with Crippen LogP contribution in [0.3, 0.4) is 0 Å². The number of anilines is 1.